The van der Waals surface area contributed by atoms with Crippen molar-refractivity contribution in [1.29, 1.82) is 0 Å². The lowest BCUT2D eigenvalue weighted by Crippen LogP contribution is -2.34. The minimum absolute atomic E-state index is 0.0150. The molecule has 1 aliphatic rings. The Morgan fingerprint density at radius 3 is 2.38 bits per heavy atom. The highest BCUT2D eigenvalue weighted by Crippen LogP contribution is 2.30. The van der Waals surface area contributed by atoms with E-state index < -0.39 is 0 Å². The average molecular weight is 406 g/mol. The monoisotopic (exact) mass is 405 g/mol. The molecule has 3 aromatic rings. The summed E-state index contributed by atoms with van der Waals surface area (Å²) < 4.78 is 0. The number of carbonyl (C=O) groups is 1. The second-order valence-electron chi connectivity index (χ2n) is 7.72. The van der Waals surface area contributed by atoms with Crippen molar-refractivity contribution in [2.45, 2.75) is 32.7 Å². The van der Waals surface area contributed by atoms with E-state index in [4.69, 9.17) is 4.98 Å². The number of anilines is 2. The van der Waals surface area contributed by atoms with Gasteiger partial charge in [0.2, 0.25) is 5.91 Å². The molecule has 1 fully saturated rings. The third-order valence-electron chi connectivity index (χ3n) is 5.52. The molecule has 2 heterocycles. The fourth-order valence-electron chi connectivity index (χ4n) is 4.00. The number of piperidine rings is 1. The molecule has 0 N–H and O–H groups in total. The Bertz CT molecular complexity index is 918. The van der Waals surface area contributed by atoms with Gasteiger partial charge in [0, 0.05) is 18.8 Å². The van der Waals surface area contributed by atoms with Gasteiger partial charge in [0.25, 0.3) is 0 Å². The first kappa shape index (κ1) is 19.8. The lowest BCUT2D eigenvalue weighted by Gasteiger charge is -2.31. The van der Waals surface area contributed by atoms with Gasteiger partial charge in [-0.1, -0.05) is 48.5 Å². The number of para-hydroxylation sites is 1. The van der Waals surface area contributed by atoms with E-state index in [-0.39, 0.29) is 5.91 Å². The molecule has 1 amide bonds. The SMILES string of the molecule is CC(=O)N(c1ccccc1)c1nc(CN2CCC(Cc3ccccc3)CC2)cs1. The molecule has 0 bridgehead atoms. The lowest BCUT2D eigenvalue weighted by molar-refractivity contribution is -0.115. The molecule has 29 heavy (non-hydrogen) atoms. The van der Waals surface area contributed by atoms with Gasteiger partial charge < -0.3 is 0 Å². The second kappa shape index (κ2) is 9.33. The third kappa shape index (κ3) is 5.11. The quantitative estimate of drug-likeness (QED) is 0.560. The summed E-state index contributed by atoms with van der Waals surface area (Å²) in [5, 5.41) is 2.84. The molecule has 4 nitrogen and oxygen atoms in total. The molecule has 0 atom stereocenters. The Labute approximate surface area is 176 Å². The van der Waals surface area contributed by atoms with Crippen molar-refractivity contribution in [3.63, 3.8) is 0 Å². The summed E-state index contributed by atoms with van der Waals surface area (Å²) in [6.07, 6.45) is 3.64. The van der Waals surface area contributed by atoms with Gasteiger partial charge in [-0.3, -0.25) is 14.6 Å². The van der Waals surface area contributed by atoms with Crippen LogP contribution in [-0.2, 0) is 17.8 Å². The third-order valence-corrected chi connectivity index (χ3v) is 6.39. The van der Waals surface area contributed by atoms with Gasteiger partial charge in [-0.25, -0.2) is 4.98 Å². The van der Waals surface area contributed by atoms with Gasteiger partial charge in [0.05, 0.1) is 11.4 Å². The van der Waals surface area contributed by atoms with Crippen LogP contribution in [0.25, 0.3) is 0 Å². The largest absolute Gasteiger partial charge is 0.297 e. The standard InChI is InChI=1S/C24H27N3OS/c1-19(28)27(23-10-6-3-7-11-23)24-25-22(18-29-24)17-26-14-12-21(13-15-26)16-20-8-4-2-5-9-20/h2-11,18,21H,12-17H2,1H3. The number of hydrogen-bond donors (Lipinski definition) is 0. The van der Waals surface area contributed by atoms with Crippen LogP contribution in [0.1, 0.15) is 31.0 Å². The lowest BCUT2D eigenvalue weighted by atomic mass is 9.90. The summed E-state index contributed by atoms with van der Waals surface area (Å²) in [6.45, 7) is 4.67. The van der Waals surface area contributed by atoms with Crippen LogP contribution in [-0.4, -0.2) is 28.9 Å². The molecule has 150 valence electrons. The highest BCUT2D eigenvalue weighted by atomic mass is 32.1. The van der Waals surface area contributed by atoms with Gasteiger partial charge in [-0.15, -0.1) is 11.3 Å². The molecule has 0 unspecified atom stereocenters. The van der Waals surface area contributed by atoms with Crippen molar-refractivity contribution in [3.05, 3.63) is 77.3 Å². The smallest absolute Gasteiger partial charge is 0.230 e. The van der Waals surface area contributed by atoms with Gasteiger partial charge in [-0.05, 0) is 56.0 Å². The van der Waals surface area contributed by atoms with Crippen LogP contribution in [0.3, 0.4) is 0 Å². The van der Waals surface area contributed by atoms with Gasteiger partial charge in [-0.2, -0.15) is 0 Å². The van der Waals surface area contributed by atoms with Gasteiger partial charge in [0.15, 0.2) is 5.13 Å². The molecule has 0 saturated carbocycles. The Kier molecular flexibility index (Phi) is 6.37. The van der Waals surface area contributed by atoms with Crippen molar-refractivity contribution in [1.82, 2.24) is 9.88 Å². The Hall–Kier alpha value is -2.50. The van der Waals surface area contributed by atoms with E-state index in [0.29, 0.717) is 0 Å². The topological polar surface area (TPSA) is 36.4 Å². The predicted octanol–water partition coefficient (Wildman–Crippen LogP) is 5.28. The molecule has 1 aromatic heterocycles. The molecule has 0 aliphatic carbocycles. The first-order chi connectivity index (χ1) is 14.2. The van der Waals surface area contributed by atoms with E-state index >= 15 is 0 Å². The normalized spacial score (nSPS) is 15.3. The van der Waals surface area contributed by atoms with Crippen LogP contribution in [0.5, 0.6) is 0 Å². The fourth-order valence-corrected chi connectivity index (χ4v) is 4.88. The van der Waals surface area contributed by atoms with Crippen LogP contribution in [0, 0.1) is 5.92 Å². The molecule has 2 aromatic carbocycles. The van der Waals surface area contributed by atoms with E-state index in [0.717, 1.165) is 42.1 Å². The number of hydrogen-bond acceptors (Lipinski definition) is 4. The van der Waals surface area contributed by atoms with Crippen LogP contribution in [0.4, 0.5) is 10.8 Å². The number of amides is 1. The zero-order valence-corrected chi connectivity index (χ0v) is 17.6. The number of aromatic nitrogens is 1. The van der Waals surface area contributed by atoms with Crippen molar-refractivity contribution >= 4 is 28.1 Å². The van der Waals surface area contributed by atoms with E-state index in [9.17, 15) is 4.79 Å². The summed E-state index contributed by atoms with van der Waals surface area (Å²) in [5.74, 6) is 0.754. The van der Waals surface area contributed by atoms with E-state index in [1.165, 1.54) is 36.2 Å². The zero-order valence-electron chi connectivity index (χ0n) is 16.8. The molecular formula is C24H27N3OS. The van der Waals surface area contributed by atoms with Crippen molar-refractivity contribution < 1.29 is 4.79 Å². The first-order valence-electron chi connectivity index (χ1n) is 10.3. The number of nitrogens with zero attached hydrogens (tertiary/aromatic N) is 3. The number of thiazole rings is 1. The van der Waals surface area contributed by atoms with E-state index in [1.807, 2.05) is 30.3 Å². The van der Waals surface area contributed by atoms with Crippen LogP contribution < -0.4 is 4.90 Å². The number of rotatable bonds is 6. The first-order valence-corrected chi connectivity index (χ1v) is 11.1. The van der Waals surface area contributed by atoms with Crippen LogP contribution in [0.2, 0.25) is 0 Å². The zero-order chi connectivity index (χ0) is 20.1. The summed E-state index contributed by atoms with van der Waals surface area (Å²) >= 11 is 1.54. The highest BCUT2D eigenvalue weighted by molar-refractivity contribution is 7.14. The van der Waals surface area contributed by atoms with Gasteiger partial charge >= 0.3 is 0 Å². The van der Waals surface area contributed by atoms with Crippen molar-refractivity contribution in [3.8, 4) is 0 Å². The predicted molar refractivity (Wildman–Crippen MR) is 120 cm³/mol. The molecule has 0 spiro atoms. The molecule has 5 heteroatoms. The Morgan fingerprint density at radius 2 is 1.72 bits per heavy atom. The van der Waals surface area contributed by atoms with Crippen LogP contribution in [0.15, 0.2) is 66.0 Å². The van der Waals surface area contributed by atoms with Crippen molar-refractivity contribution in [2.75, 3.05) is 18.0 Å². The maximum atomic E-state index is 12.2. The van der Waals surface area contributed by atoms with Gasteiger partial charge in [0.1, 0.15) is 0 Å². The summed E-state index contributed by atoms with van der Waals surface area (Å²) in [6, 6.07) is 20.5. The maximum Gasteiger partial charge on any atom is 0.230 e. The molecule has 0 radical (unpaired) electrons. The summed E-state index contributed by atoms with van der Waals surface area (Å²) in [4.78, 5) is 21.2. The van der Waals surface area contributed by atoms with E-state index in [1.54, 1.807) is 11.8 Å². The molecular weight excluding hydrogens is 378 g/mol. The van der Waals surface area contributed by atoms with Crippen LogP contribution >= 0.6 is 11.3 Å². The molecule has 4 rings (SSSR count). The average Bonchev–Trinajstić information content (AvgIpc) is 3.19. The maximum absolute atomic E-state index is 12.2. The minimum Gasteiger partial charge on any atom is -0.297 e. The van der Waals surface area contributed by atoms with Crippen molar-refractivity contribution in [2.24, 2.45) is 5.92 Å². The number of carbonyl (C=O) groups excluding carboxylic acids is 1. The molecule has 1 saturated heterocycles. The Balaban J connectivity index is 1.34. The number of likely N-dealkylation sites (tertiary alicyclic amines) is 1. The summed E-state index contributed by atoms with van der Waals surface area (Å²) in [5.41, 5.74) is 3.36. The number of benzene rings is 2. The highest BCUT2D eigenvalue weighted by Gasteiger charge is 2.22. The van der Waals surface area contributed by atoms with E-state index in [2.05, 4.69) is 40.6 Å². The Morgan fingerprint density at radius 1 is 1.07 bits per heavy atom. The molecule has 1 aliphatic heterocycles. The fraction of sp³-hybridized carbons (Fsp3) is 0.333. The summed E-state index contributed by atoms with van der Waals surface area (Å²) in [7, 11) is 0. The minimum atomic E-state index is -0.0150. The second-order valence-corrected chi connectivity index (χ2v) is 8.56.